The average Bonchev–Trinajstić information content (AvgIpc) is 3.42. The number of benzene rings is 2. The van der Waals surface area contributed by atoms with Crippen molar-refractivity contribution < 1.29 is 45.1 Å². The maximum atomic E-state index is 15.0. The van der Waals surface area contributed by atoms with E-state index < -0.39 is 83.2 Å². The Hall–Kier alpha value is -4.36. The number of fused-ring (bicyclic) bond motifs is 4. The maximum Gasteiger partial charge on any atom is 0.418 e. The van der Waals surface area contributed by atoms with Crippen LogP contribution in [0.4, 0.5) is 36.4 Å². The van der Waals surface area contributed by atoms with E-state index in [-0.39, 0.29) is 24.4 Å². The molecule has 2 N–H and O–H groups in total. The summed E-state index contributed by atoms with van der Waals surface area (Å²) < 4.78 is 99.5. The van der Waals surface area contributed by atoms with E-state index in [4.69, 9.17) is 0 Å². The Morgan fingerprint density at radius 3 is 2.51 bits per heavy atom. The number of rotatable bonds is 7. The van der Waals surface area contributed by atoms with Gasteiger partial charge in [-0.3, -0.25) is 14.4 Å². The van der Waals surface area contributed by atoms with Gasteiger partial charge in [-0.15, -0.1) is 0 Å². The number of hydrogen-bond donors (Lipinski definition) is 2. The lowest BCUT2D eigenvalue weighted by atomic mass is 10.0. The van der Waals surface area contributed by atoms with Gasteiger partial charge in [-0.2, -0.15) is 22.0 Å². The summed E-state index contributed by atoms with van der Waals surface area (Å²) in [5, 5.41) is 5.00. The van der Waals surface area contributed by atoms with Crippen molar-refractivity contribution in [2.75, 3.05) is 11.9 Å². The number of hydrogen-bond acceptors (Lipinski definition) is 3. The van der Waals surface area contributed by atoms with Gasteiger partial charge in [-0.05, 0) is 59.4 Å². The molecule has 0 spiro atoms. The molecule has 0 saturated heterocycles. The van der Waals surface area contributed by atoms with Gasteiger partial charge in [-0.25, -0.2) is 8.78 Å². The Bertz CT molecular complexity index is 1660. The number of likely N-dealkylation sites (N-methyl/N-ethyl adjacent to an activating group) is 1. The van der Waals surface area contributed by atoms with Gasteiger partial charge in [0, 0.05) is 49.4 Å². The first-order valence-electron chi connectivity index (χ1n) is 13.3. The highest BCUT2D eigenvalue weighted by Crippen LogP contribution is 2.68. The van der Waals surface area contributed by atoms with Crippen molar-refractivity contribution in [1.82, 2.24) is 15.2 Å². The van der Waals surface area contributed by atoms with Crippen molar-refractivity contribution in [2.24, 2.45) is 5.92 Å². The van der Waals surface area contributed by atoms with E-state index in [1.54, 1.807) is 6.07 Å². The van der Waals surface area contributed by atoms with E-state index in [1.165, 1.54) is 19.2 Å². The molecule has 0 bridgehead atoms. The van der Waals surface area contributed by atoms with Crippen LogP contribution in [-0.2, 0) is 41.2 Å². The molecule has 3 unspecified atom stereocenters. The van der Waals surface area contributed by atoms with Crippen LogP contribution in [0, 0.1) is 17.6 Å². The van der Waals surface area contributed by atoms with Crippen molar-refractivity contribution in [3.05, 3.63) is 87.7 Å². The number of carbonyl (C=O) groups excluding carboxylic acids is 3. The van der Waals surface area contributed by atoms with E-state index >= 15 is 0 Å². The number of halogens is 7. The highest BCUT2D eigenvalue weighted by Gasteiger charge is 2.67. The van der Waals surface area contributed by atoms with Gasteiger partial charge in [0.1, 0.15) is 24.2 Å². The summed E-state index contributed by atoms with van der Waals surface area (Å²) in [6, 6.07) is 5.57. The molecule has 3 amide bonds. The van der Waals surface area contributed by atoms with Crippen LogP contribution in [0.25, 0.3) is 0 Å². The Balaban J connectivity index is 1.29. The molecule has 6 rings (SSSR count). The third-order valence-corrected chi connectivity index (χ3v) is 8.17. The molecule has 3 aromatic rings. The second-order valence-electron chi connectivity index (χ2n) is 11.0. The fourth-order valence-electron chi connectivity index (χ4n) is 6.11. The van der Waals surface area contributed by atoms with E-state index in [9.17, 15) is 45.1 Å². The zero-order valence-corrected chi connectivity index (χ0v) is 22.4. The molecule has 226 valence electrons. The highest BCUT2D eigenvalue weighted by molar-refractivity contribution is 6.01. The van der Waals surface area contributed by atoms with Gasteiger partial charge in [-0.1, -0.05) is 0 Å². The standard InChI is InChI=1S/C29H23F7N4O3/c1-39(17-2-3-18-14(7-17)10-37-26(18)42)27(43)22(6-13-4-15(30)8-16(31)5-13)38-23(41)12-40-11-21(29(34,35)36)24-19-9-20(19)28(32,33)25(24)40/h2-5,7-8,11,19-20,22H,6,9-10,12H2,1H3,(H,37,42)(H,38,41). The fourth-order valence-corrected chi connectivity index (χ4v) is 6.11. The summed E-state index contributed by atoms with van der Waals surface area (Å²) in [5.41, 5.74) is -1.28. The van der Waals surface area contributed by atoms with Crippen LogP contribution in [0.15, 0.2) is 42.6 Å². The van der Waals surface area contributed by atoms with Crippen molar-refractivity contribution in [3.63, 3.8) is 0 Å². The summed E-state index contributed by atoms with van der Waals surface area (Å²) in [6.07, 6.45) is -4.94. The third-order valence-electron chi connectivity index (χ3n) is 8.17. The largest absolute Gasteiger partial charge is 0.418 e. The molecule has 1 aromatic heterocycles. The Kier molecular flexibility index (Phi) is 6.58. The molecular weight excluding hydrogens is 585 g/mol. The summed E-state index contributed by atoms with van der Waals surface area (Å²) in [4.78, 5) is 39.8. The van der Waals surface area contributed by atoms with Gasteiger partial charge in [0.15, 0.2) is 0 Å². The van der Waals surface area contributed by atoms with E-state index in [2.05, 4.69) is 10.6 Å². The predicted molar refractivity (Wildman–Crippen MR) is 137 cm³/mol. The molecular formula is C29H23F7N4O3. The van der Waals surface area contributed by atoms with Gasteiger partial charge in [0.25, 0.3) is 11.8 Å². The van der Waals surface area contributed by atoms with Crippen molar-refractivity contribution in [3.8, 4) is 0 Å². The van der Waals surface area contributed by atoms with Crippen molar-refractivity contribution in [2.45, 2.75) is 50.0 Å². The SMILES string of the molecule is CN(C(=O)C(Cc1cc(F)cc(F)c1)NC(=O)Cn1cc(C(F)(F)F)c2c1C(F)(F)C1CC21)c1ccc2c(c1)CNC2=O. The smallest absolute Gasteiger partial charge is 0.348 e. The molecule has 1 saturated carbocycles. The first-order chi connectivity index (χ1) is 20.1. The Morgan fingerprint density at radius 1 is 1.14 bits per heavy atom. The van der Waals surface area contributed by atoms with Crippen LogP contribution in [0.5, 0.6) is 0 Å². The first kappa shape index (κ1) is 28.7. The number of nitrogens with zero attached hydrogens (tertiary/aromatic N) is 2. The molecule has 43 heavy (non-hydrogen) atoms. The molecule has 0 radical (unpaired) electrons. The Labute approximate surface area is 239 Å². The van der Waals surface area contributed by atoms with Crippen molar-refractivity contribution in [1.29, 1.82) is 0 Å². The minimum Gasteiger partial charge on any atom is -0.348 e. The first-order valence-corrected chi connectivity index (χ1v) is 13.3. The molecule has 2 aromatic carbocycles. The van der Waals surface area contributed by atoms with E-state index in [0.29, 0.717) is 33.6 Å². The van der Waals surface area contributed by atoms with Gasteiger partial charge in [0.05, 0.1) is 11.3 Å². The number of amides is 3. The number of anilines is 1. The fraction of sp³-hybridized carbons (Fsp3) is 0.345. The minimum absolute atomic E-state index is 0.0128. The topological polar surface area (TPSA) is 83.4 Å². The lowest BCUT2D eigenvalue weighted by molar-refractivity contribution is -0.138. The molecule has 14 heteroatoms. The average molecular weight is 609 g/mol. The van der Waals surface area contributed by atoms with Crippen LogP contribution in [0.1, 0.15) is 50.6 Å². The molecule has 1 aliphatic heterocycles. The highest BCUT2D eigenvalue weighted by atomic mass is 19.4. The third kappa shape index (κ3) is 5.01. The van der Waals surface area contributed by atoms with E-state index in [1.807, 2.05) is 0 Å². The van der Waals surface area contributed by atoms with Crippen molar-refractivity contribution >= 4 is 23.4 Å². The quantitative estimate of drug-likeness (QED) is 0.384. The molecule has 3 atom stereocenters. The molecule has 2 aliphatic carbocycles. The summed E-state index contributed by atoms with van der Waals surface area (Å²) in [6.45, 7) is -0.731. The van der Waals surface area contributed by atoms with Crippen LogP contribution in [-0.4, -0.2) is 35.4 Å². The maximum absolute atomic E-state index is 15.0. The van der Waals surface area contributed by atoms with Crippen LogP contribution in [0.3, 0.4) is 0 Å². The van der Waals surface area contributed by atoms with Crippen LogP contribution < -0.4 is 15.5 Å². The van der Waals surface area contributed by atoms with Crippen LogP contribution in [0.2, 0.25) is 0 Å². The second-order valence-corrected chi connectivity index (χ2v) is 11.0. The molecule has 7 nitrogen and oxygen atoms in total. The normalized spacial score (nSPS) is 20.1. The zero-order chi connectivity index (χ0) is 31.0. The summed E-state index contributed by atoms with van der Waals surface area (Å²) >= 11 is 0. The number of alkyl halides is 5. The Morgan fingerprint density at radius 2 is 1.84 bits per heavy atom. The molecule has 3 aliphatic rings. The number of nitrogens with one attached hydrogen (secondary N) is 2. The monoisotopic (exact) mass is 608 g/mol. The second kappa shape index (κ2) is 9.85. The zero-order valence-electron chi connectivity index (χ0n) is 22.4. The van der Waals surface area contributed by atoms with Gasteiger partial charge in [0.2, 0.25) is 11.8 Å². The van der Waals surface area contributed by atoms with Crippen LogP contribution >= 0.6 is 0 Å². The number of aromatic nitrogens is 1. The lowest BCUT2D eigenvalue weighted by Crippen LogP contribution is -2.49. The summed E-state index contributed by atoms with van der Waals surface area (Å²) in [7, 11) is 1.36. The minimum atomic E-state index is -4.92. The molecule has 1 fully saturated rings. The van der Waals surface area contributed by atoms with E-state index in [0.717, 1.165) is 17.0 Å². The summed E-state index contributed by atoms with van der Waals surface area (Å²) in [5.74, 6) is -9.79. The lowest BCUT2D eigenvalue weighted by Gasteiger charge is -2.26. The van der Waals surface area contributed by atoms with Gasteiger partial charge < -0.3 is 20.1 Å². The predicted octanol–water partition coefficient (Wildman–Crippen LogP) is 4.63. The van der Waals surface area contributed by atoms with Gasteiger partial charge >= 0.3 is 6.18 Å². The number of carbonyl (C=O) groups is 3. The molecule has 2 heterocycles.